The largest absolute Gasteiger partial charge is 0.497 e. The number of benzene rings is 2. The number of rotatable bonds is 8. The number of piperazine rings is 1. The van der Waals surface area contributed by atoms with Crippen LogP contribution in [0.2, 0.25) is 0 Å². The van der Waals surface area contributed by atoms with Gasteiger partial charge in [0.25, 0.3) is 0 Å². The average molecular weight is 425 g/mol. The molecule has 1 aliphatic rings. The lowest BCUT2D eigenvalue weighted by atomic mass is 10.1. The van der Waals surface area contributed by atoms with Crippen LogP contribution in [0.4, 0.5) is 5.69 Å². The van der Waals surface area contributed by atoms with E-state index in [0.29, 0.717) is 5.69 Å². The van der Waals surface area contributed by atoms with E-state index in [0.717, 1.165) is 38.5 Å². The van der Waals surface area contributed by atoms with Crippen LogP contribution in [0.5, 0.6) is 5.75 Å². The van der Waals surface area contributed by atoms with Gasteiger partial charge in [0, 0.05) is 38.4 Å². The predicted octanol–water partition coefficient (Wildman–Crippen LogP) is 2.22. The molecule has 1 heterocycles. The van der Waals surface area contributed by atoms with Crippen LogP contribution in [0.3, 0.4) is 0 Å². The summed E-state index contributed by atoms with van der Waals surface area (Å²) in [6.07, 6.45) is 0. The molecule has 1 fully saturated rings. The number of hydrogen-bond acceptors (Lipinski definition) is 5. The maximum absolute atomic E-state index is 12.7. The van der Waals surface area contributed by atoms with E-state index in [1.54, 1.807) is 43.3 Å². The van der Waals surface area contributed by atoms with E-state index in [1.165, 1.54) is 11.1 Å². The van der Waals surface area contributed by atoms with Crippen LogP contribution in [0, 0.1) is 6.92 Å². The van der Waals surface area contributed by atoms with Gasteiger partial charge in [-0.15, -0.1) is 0 Å². The van der Waals surface area contributed by atoms with Crippen LogP contribution in [-0.2, 0) is 16.1 Å². The maximum Gasteiger partial charge on any atom is 0.238 e. The number of methoxy groups -OCH3 is 1. The lowest BCUT2D eigenvalue weighted by Crippen LogP contribution is -2.51. The minimum atomic E-state index is -0.150. The molecule has 0 bridgehead atoms. The van der Waals surface area contributed by atoms with Crippen LogP contribution in [0.25, 0.3) is 0 Å². The van der Waals surface area contributed by atoms with Crippen molar-refractivity contribution in [2.75, 3.05) is 58.7 Å². The maximum atomic E-state index is 12.7. The zero-order valence-corrected chi connectivity index (χ0v) is 18.6. The Kier molecular flexibility index (Phi) is 8.03. The number of ether oxygens (including phenoxy) is 1. The molecule has 0 aromatic heterocycles. The summed E-state index contributed by atoms with van der Waals surface area (Å²) in [5, 5.41) is 2.84. The summed E-state index contributed by atoms with van der Waals surface area (Å²) in [6, 6.07) is 15.6. The highest BCUT2D eigenvalue weighted by Crippen LogP contribution is 2.15. The van der Waals surface area contributed by atoms with Crippen molar-refractivity contribution in [2.45, 2.75) is 13.5 Å². The fourth-order valence-electron chi connectivity index (χ4n) is 3.69. The van der Waals surface area contributed by atoms with E-state index >= 15 is 0 Å². The molecule has 1 N–H and O–H groups in total. The topological polar surface area (TPSA) is 65.1 Å². The third-order valence-electron chi connectivity index (χ3n) is 5.57. The molecule has 3 rings (SSSR count). The summed E-state index contributed by atoms with van der Waals surface area (Å²) in [6.45, 7) is 6.60. The number of carbonyl (C=O) groups excluding carboxylic acids is 2. The van der Waals surface area contributed by atoms with Gasteiger partial charge in [0.1, 0.15) is 5.75 Å². The van der Waals surface area contributed by atoms with Gasteiger partial charge in [-0.2, -0.15) is 0 Å². The lowest BCUT2D eigenvalue weighted by molar-refractivity contribution is -0.134. The van der Waals surface area contributed by atoms with Gasteiger partial charge in [-0.3, -0.25) is 19.4 Å². The Labute approximate surface area is 184 Å². The molecule has 7 nitrogen and oxygen atoms in total. The smallest absolute Gasteiger partial charge is 0.238 e. The number of amides is 2. The second kappa shape index (κ2) is 10.9. The first-order valence-corrected chi connectivity index (χ1v) is 10.6. The number of hydrogen-bond donors (Lipinski definition) is 1. The average Bonchev–Trinajstić information content (AvgIpc) is 2.76. The predicted molar refractivity (Wildman–Crippen MR) is 122 cm³/mol. The van der Waals surface area contributed by atoms with Crippen LogP contribution in [0.1, 0.15) is 11.1 Å². The molecule has 7 heteroatoms. The normalized spacial score (nSPS) is 14.5. The number of carbonyl (C=O) groups is 2. The second-order valence-electron chi connectivity index (χ2n) is 8.03. The molecule has 31 heavy (non-hydrogen) atoms. The molecule has 1 saturated heterocycles. The molecule has 0 spiro atoms. The van der Waals surface area contributed by atoms with Crippen molar-refractivity contribution >= 4 is 17.5 Å². The highest BCUT2D eigenvalue weighted by Gasteiger charge is 2.22. The quantitative estimate of drug-likeness (QED) is 0.704. The molecule has 0 aliphatic carbocycles. The third-order valence-corrected chi connectivity index (χ3v) is 5.57. The fourth-order valence-corrected chi connectivity index (χ4v) is 3.69. The molecule has 0 saturated carbocycles. The van der Waals surface area contributed by atoms with Crippen molar-refractivity contribution in [3.05, 3.63) is 59.7 Å². The molecule has 1 aliphatic heterocycles. The Balaban J connectivity index is 1.39. The minimum absolute atomic E-state index is 0.0651. The van der Waals surface area contributed by atoms with Crippen LogP contribution >= 0.6 is 0 Å². The van der Waals surface area contributed by atoms with Gasteiger partial charge in [-0.1, -0.05) is 24.3 Å². The van der Waals surface area contributed by atoms with Crippen LogP contribution in [-0.4, -0.2) is 79.9 Å². The Hall–Kier alpha value is -2.90. The van der Waals surface area contributed by atoms with Crippen LogP contribution < -0.4 is 10.1 Å². The molecule has 0 atom stereocenters. The summed E-state index contributed by atoms with van der Waals surface area (Å²) in [4.78, 5) is 31.0. The van der Waals surface area contributed by atoms with Gasteiger partial charge in [0.15, 0.2) is 0 Å². The standard InChI is InChI=1S/C24H32N4O3/c1-19-6-4-5-7-20(19)16-27-12-14-28(15-13-27)24(30)18-26(2)17-23(29)25-21-8-10-22(31-3)11-9-21/h4-11H,12-18H2,1-3H3,(H,25,29). The summed E-state index contributed by atoms with van der Waals surface area (Å²) < 4.78 is 5.12. The molecule has 2 amide bonds. The Morgan fingerprint density at radius 3 is 2.32 bits per heavy atom. The number of likely N-dealkylation sites (N-methyl/N-ethyl adjacent to an activating group) is 1. The zero-order valence-electron chi connectivity index (χ0n) is 18.6. The zero-order chi connectivity index (χ0) is 22.2. The summed E-state index contributed by atoms with van der Waals surface area (Å²) in [7, 11) is 3.39. The first-order valence-electron chi connectivity index (χ1n) is 10.6. The number of aryl methyl sites for hydroxylation is 1. The molecular weight excluding hydrogens is 392 g/mol. The van der Waals surface area contributed by atoms with E-state index in [9.17, 15) is 9.59 Å². The summed E-state index contributed by atoms with van der Waals surface area (Å²) in [5.41, 5.74) is 3.34. The van der Waals surface area contributed by atoms with Gasteiger partial charge in [-0.05, 0) is 49.4 Å². The molecule has 166 valence electrons. The Morgan fingerprint density at radius 1 is 1.00 bits per heavy atom. The van der Waals surface area contributed by atoms with Crippen molar-refractivity contribution in [1.29, 1.82) is 0 Å². The first kappa shape index (κ1) is 22.8. The molecule has 2 aromatic rings. The van der Waals surface area contributed by atoms with Crippen molar-refractivity contribution in [3.63, 3.8) is 0 Å². The fraction of sp³-hybridized carbons (Fsp3) is 0.417. The van der Waals surface area contributed by atoms with E-state index in [-0.39, 0.29) is 24.9 Å². The van der Waals surface area contributed by atoms with E-state index in [1.807, 2.05) is 4.90 Å². The highest BCUT2D eigenvalue weighted by molar-refractivity contribution is 5.92. The first-order chi connectivity index (χ1) is 14.9. The Bertz CT molecular complexity index is 877. The van der Waals surface area contributed by atoms with Gasteiger partial charge >= 0.3 is 0 Å². The minimum Gasteiger partial charge on any atom is -0.497 e. The van der Waals surface area contributed by atoms with Gasteiger partial charge < -0.3 is 15.0 Å². The van der Waals surface area contributed by atoms with Crippen LogP contribution in [0.15, 0.2) is 48.5 Å². The Morgan fingerprint density at radius 2 is 1.68 bits per heavy atom. The van der Waals surface area contributed by atoms with E-state index < -0.39 is 0 Å². The number of nitrogens with zero attached hydrogens (tertiary/aromatic N) is 3. The molecular formula is C24H32N4O3. The number of nitrogens with one attached hydrogen (secondary N) is 1. The SMILES string of the molecule is COc1ccc(NC(=O)CN(C)CC(=O)N2CCN(Cc3ccccc3C)CC2)cc1. The van der Waals surface area contributed by atoms with Crippen molar-refractivity contribution in [2.24, 2.45) is 0 Å². The third kappa shape index (κ3) is 6.80. The van der Waals surface area contributed by atoms with Gasteiger partial charge in [-0.25, -0.2) is 0 Å². The molecule has 0 radical (unpaired) electrons. The highest BCUT2D eigenvalue weighted by atomic mass is 16.5. The molecule has 0 unspecified atom stereocenters. The monoisotopic (exact) mass is 424 g/mol. The van der Waals surface area contributed by atoms with Gasteiger partial charge in [0.05, 0.1) is 20.2 Å². The lowest BCUT2D eigenvalue weighted by Gasteiger charge is -2.35. The second-order valence-corrected chi connectivity index (χ2v) is 8.03. The summed E-state index contributed by atoms with van der Waals surface area (Å²) >= 11 is 0. The number of anilines is 1. The van der Waals surface area contributed by atoms with Crippen molar-refractivity contribution < 1.29 is 14.3 Å². The summed E-state index contributed by atoms with van der Waals surface area (Å²) in [5.74, 6) is 0.651. The van der Waals surface area contributed by atoms with Crippen molar-refractivity contribution in [3.8, 4) is 5.75 Å². The van der Waals surface area contributed by atoms with E-state index in [4.69, 9.17) is 4.74 Å². The van der Waals surface area contributed by atoms with Gasteiger partial charge in [0.2, 0.25) is 11.8 Å². The van der Waals surface area contributed by atoms with E-state index in [2.05, 4.69) is 41.4 Å². The molecule has 2 aromatic carbocycles. The van der Waals surface area contributed by atoms with Crippen molar-refractivity contribution in [1.82, 2.24) is 14.7 Å².